The fourth-order valence-corrected chi connectivity index (χ4v) is 2.51. The van der Waals surface area contributed by atoms with Gasteiger partial charge in [0.15, 0.2) is 0 Å². The van der Waals surface area contributed by atoms with E-state index in [0.29, 0.717) is 25.2 Å². The summed E-state index contributed by atoms with van der Waals surface area (Å²) in [6.07, 6.45) is 0.668. The van der Waals surface area contributed by atoms with E-state index in [2.05, 4.69) is 15.9 Å². The lowest BCUT2D eigenvalue weighted by atomic mass is 10.1. The van der Waals surface area contributed by atoms with Gasteiger partial charge in [0.1, 0.15) is 0 Å². The van der Waals surface area contributed by atoms with Crippen LogP contribution in [0.5, 0.6) is 0 Å². The second-order valence-electron chi connectivity index (χ2n) is 4.30. The normalized spacial score (nSPS) is 18.9. The van der Waals surface area contributed by atoms with Crippen molar-refractivity contribution in [3.8, 4) is 0 Å². The van der Waals surface area contributed by atoms with Gasteiger partial charge in [-0.3, -0.25) is 4.79 Å². The average molecular weight is 313 g/mol. The van der Waals surface area contributed by atoms with Crippen LogP contribution < -0.4 is 10.6 Å². The molecule has 1 unspecified atom stereocenters. The Kier molecular flexibility index (Phi) is 3.56. The Bertz CT molecular complexity index is 504. The minimum Gasteiger partial charge on any atom is -0.478 e. The van der Waals surface area contributed by atoms with Crippen molar-refractivity contribution in [2.75, 3.05) is 18.0 Å². The predicted octanol–water partition coefficient (Wildman–Crippen LogP) is 1.46. The van der Waals surface area contributed by atoms with Gasteiger partial charge in [0.05, 0.1) is 17.2 Å². The highest BCUT2D eigenvalue weighted by atomic mass is 79.9. The summed E-state index contributed by atoms with van der Waals surface area (Å²) in [6.45, 7) is 1.12. The highest BCUT2D eigenvalue weighted by molar-refractivity contribution is 9.10. The zero-order valence-corrected chi connectivity index (χ0v) is 11.2. The SMILES string of the molecule is NC(=O)C1CCN(c2cc(Br)ccc2C(=O)O)C1. The fourth-order valence-electron chi connectivity index (χ4n) is 2.16. The molecule has 5 nitrogen and oxygen atoms in total. The minimum atomic E-state index is -0.972. The van der Waals surface area contributed by atoms with Crippen molar-refractivity contribution in [3.05, 3.63) is 28.2 Å². The number of benzene rings is 1. The lowest BCUT2D eigenvalue weighted by Crippen LogP contribution is -2.28. The summed E-state index contributed by atoms with van der Waals surface area (Å²) in [4.78, 5) is 24.2. The molecule has 1 aromatic carbocycles. The van der Waals surface area contributed by atoms with Crippen molar-refractivity contribution in [1.82, 2.24) is 0 Å². The molecule has 6 heteroatoms. The van der Waals surface area contributed by atoms with Crippen molar-refractivity contribution < 1.29 is 14.7 Å². The number of hydrogen-bond donors (Lipinski definition) is 2. The second kappa shape index (κ2) is 4.97. The molecule has 0 aromatic heterocycles. The molecule has 0 aliphatic carbocycles. The molecule has 0 saturated carbocycles. The lowest BCUT2D eigenvalue weighted by molar-refractivity contribution is -0.121. The topological polar surface area (TPSA) is 83.6 Å². The Labute approximate surface area is 113 Å². The van der Waals surface area contributed by atoms with Gasteiger partial charge in [-0.05, 0) is 24.6 Å². The fraction of sp³-hybridized carbons (Fsp3) is 0.333. The first-order chi connectivity index (χ1) is 8.49. The highest BCUT2D eigenvalue weighted by Crippen LogP contribution is 2.29. The van der Waals surface area contributed by atoms with Crippen molar-refractivity contribution in [2.24, 2.45) is 11.7 Å². The number of carbonyl (C=O) groups excluding carboxylic acids is 1. The molecule has 0 spiro atoms. The number of carboxylic acids is 1. The molecule has 96 valence electrons. The van der Waals surface area contributed by atoms with E-state index in [9.17, 15) is 9.59 Å². The molecule has 0 bridgehead atoms. The van der Waals surface area contributed by atoms with Crippen LogP contribution in [0.15, 0.2) is 22.7 Å². The van der Waals surface area contributed by atoms with E-state index < -0.39 is 5.97 Å². The van der Waals surface area contributed by atoms with Gasteiger partial charge in [-0.2, -0.15) is 0 Å². The molecule has 1 fully saturated rings. The molecule has 1 atom stereocenters. The molecule has 2 rings (SSSR count). The number of aromatic carboxylic acids is 1. The summed E-state index contributed by atoms with van der Waals surface area (Å²) in [5, 5.41) is 9.16. The summed E-state index contributed by atoms with van der Waals surface area (Å²) < 4.78 is 0.810. The van der Waals surface area contributed by atoms with E-state index in [-0.39, 0.29) is 17.4 Å². The Balaban J connectivity index is 2.31. The van der Waals surface area contributed by atoms with Gasteiger partial charge in [0.2, 0.25) is 5.91 Å². The quantitative estimate of drug-likeness (QED) is 0.885. The number of nitrogens with zero attached hydrogens (tertiary/aromatic N) is 1. The first-order valence-electron chi connectivity index (χ1n) is 5.56. The van der Waals surface area contributed by atoms with Gasteiger partial charge in [0, 0.05) is 17.6 Å². The molecule has 1 heterocycles. The van der Waals surface area contributed by atoms with Gasteiger partial charge in [-0.15, -0.1) is 0 Å². The molecule has 1 aliphatic rings. The van der Waals surface area contributed by atoms with Gasteiger partial charge < -0.3 is 15.7 Å². The molecule has 1 amide bonds. The number of primary amides is 1. The monoisotopic (exact) mass is 312 g/mol. The summed E-state index contributed by atoms with van der Waals surface area (Å²) >= 11 is 3.33. The third-order valence-electron chi connectivity index (χ3n) is 3.12. The van der Waals surface area contributed by atoms with E-state index >= 15 is 0 Å². The molecule has 1 aliphatic heterocycles. The smallest absolute Gasteiger partial charge is 0.337 e. The van der Waals surface area contributed by atoms with Crippen molar-refractivity contribution in [1.29, 1.82) is 0 Å². The van der Waals surface area contributed by atoms with Gasteiger partial charge in [0.25, 0.3) is 0 Å². The Morgan fingerprint density at radius 3 is 2.72 bits per heavy atom. The zero-order valence-electron chi connectivity index (χ0n) is 9.60. The van der Waals surface area contributed by atoms with Gasteiger partial charge in [-0.25, -0.2) is 4.79 Å². The first kappa shape index (κ1) is 12.9. The van der Waals surface area contributed by atoms with E-state index in [1.54, 1.807) is 18.2 Å². The van der Waals surface area contributed by atoms with Crippen molar-refractivity contribution >= 4 is 33.5 Å². The minimum absolute atomic E-state index is 0.203. The maximum Gasteiger partial charge on any atom is 0.337 e. The van der Waals surface area contributed by atoms with Crippen LogP contribution in [-0.2, 0) is 4.79 Å². The molecule has 18 heavy (non-hydrogen) atoms. The van der Waals surface area contributed by atoms with Gasteiger partial charge >= 0.3 is 5.97 Å². The maximum absolute atomic E-state index is 11.2. The third-order valence-corrected chi connectivity index (χ3v) is 3.61. The highest BCUT2D eigenvalue weighted by Gasteiger charge is 2.28. The second-order valence-corrected chi connectivity index (χ2v) is 5.22. The maximum atomic E-state index is 11.2. The molecular weight excluding hydrogens is 300 g/mol. The van der Waals surface area contributed by atoms with Crippen LogP contribution in [-0.4, -0.2) is 30.1 Å². The molecular formula is C12H13BrN2O3. The third kappa shape index (κ3) is 2.48. The average Bonchev–Trinajstić information content (AvgIpc) is 2.77. The Morgan fingerprint density at radius 1 is 1.44 bits per heavy atom. The number of carbonyl (C=O) groups is 2. The summed E-state index contributed by atoms with van der Waals surface area (Å²) in [5.74, 6) is -1.50. The van der Waals surface area contributed by atoms with E-state index in [1.165, 1.54) is 0 Å². The van der Waals surface area contributed by atoms with Crippen LogP contribution in [0.2, 0.25) is 0 Å². The molecule has 0 radical (unpaired) electrons. The van der Waals surface area contributed by atoms with Crippen LogP contribution in [0, 0.1) is 5.92 Å². The first-order valence-corrected chi connectivity index (χ1v) is 6.35. The number of amides is 1. The number of nitrogens with two attached hydrogens (primary N) is 1. The number of anilines is 1. The number of rotatable bonds is 3. The van der Waals surface area contributed by atoms with Crippen LogP contribution >= 0.6 is 15.9 Å². The number of halogens is 1. The van der Waals surface area contributed by atoms with Crippen LogP contribution in [0.4, 0.5) is 5.69 Å². The van der Waals surface area contributed by atoms with E-state index in [4.69, 9.17) is 10.8 Å². The van der Waals surface area contributed by atoms with Crippen LogP contribution in [0.25, 0.3) is 0 Å². The lowest BCUT2D eigenvalue weighted by Gasteiger charge is -2.20. The van der Waals surface area contributed by atoms with E-state index in [1.807, 2.05) is 4.90 Å². The van der Waals surface area contributed by atoms with Crippen LogP contribution in [0.3, 0.4) is 0 Å². The number of hydrogen-bond acceptors (Lipinski definition) is 3. The molecule has 1 saturated heterocycles. The van der Waals surface area contributed by atoms with Crippen molar-refractivity contribution in [2.45, 2.75) is 6.42 Å². The summed E-state index contributed by atoms with van der Waals surface area (Å²) in [5.41, 5.74) is 6.14. The molecule has 1 aromatic rings. The number of carboxylic acid groups (broad SMARTS) is 1. The predicted molar refractivity (Wildman–Crippen MR) is 70.6 cm³/mol. The van der Waals surface area contributed by atoms with Crippen LogP contribution in [0.1, 0.15) is 16.8 Å². The Hall–Kier alpha value is -1.56. The Morgan fingerprint density at radius 2 is 2.17 bits per heavy atom. The standard InChI is InChI=1S/C12H13BrN2O3/c13-8-1-2-9(12(17)18)10(5-8)15-4-3-7(6-15)11(14)16/h1-2,5,7H,3-4,6H2,(H2,14,16)(H,17,18). The van der Waals surface area contributed by atoms with E-state index in [0.717, 1.165) is 4.47 Å². The largest absolute Gasteiger partial charge is 0.478 e. The summed E-state index contributed by atoms with van der Waals surface area (Å²) in [6, 6.07) is 5.00. The van der Waals surface area contributed by atoms with Gasteiger partial charge in [-0.1, -0.05) is 15.9 Å². The summed E-state index contributed by atoms with van der Waals surface area (Å²) in [7, 11) is 0. The van der Waals surface area contributed by atoms with Crippen molar-refractivity contribution in [3.63, 3.8) is 0 Å². The zero-order chi connectivity index (χ0) is 13.3. The molecule has 3 N–H and O–H groups in total.